The van der Waals surface area contributed by atoms with Crippen LogP contribution in [0.4, 0.5) is 13.2 Å². The van der Waals surface area contributed by atoms with Crippen LogP contribution in [0.25, 0.3) is 11.3 Å². The van der Waals surface area contributed by atoms with Gasteiger partial charge in [-0.05, 0) is 62.1 Å². The molecule has 512 valence electrons. The van der Waals surface area contributed by atoms with Crippen molar-refractivity contribution in [2.45, 2.75) is 208 Å². The Morgan fingerprint density at radius 3 is 2.11 bits per heavy atom. The maximum absolute atomic E-state index is 14.3. The fourth-order valence-electron chi connectivity index (χ4n) is 13.2. The van der Waals surface area contributed by atoms with Crippen LogP contribution in [0.2, 0.25) is 0 Å². The third-order valence-electron chi connectivity index (χ3n) is 18.4. The Bertz CT molecular complexity index is 2860. The number of likely N-dealkylation sites (tertiary alicyclic amines) is 1. The summed E-state index contributed by atoms with van der Waals surface area (Å²) in [6, 6.07) is 7.30. The number of aromatic nitrogens is 3. The Labute approximate surface area is 530 Å². The van der Waals surface area contributed by atoms with E-state index >= 15 is 0 Å². The van der Waals surface area contributed by atoms with Gasteiger partial charge in [0.2, 0.25) is 11.8 Å². The molecule has 0 radical (unpaired) electrons. The van der Waals surface area contributed by atoms with Gasteiger partial charge in [-0.25, -0.2) is 17.9 Å². The Balaban J connectivity index is 0.861. The average molecular weight is 1310 g/mol. The highest BCUT2D eigenvalue weighted by atomic mass is 19.2. The Morgan fingerprint density at radius 1 is 0.772 bits per heavy atom. The number of aliphatic hydroxyl groups excluding tert-OH is 8. The van der Waals surface area contributed by atoms with Crippen LogP contribution in [0, 0.1) is 35.2 Å². The molecule has 2 saturated carbocycles. The number of carbonyl (C=O) groups is 4. The molecule has 2 aromatic carbocycles. The van der Waals surface area contributed by atoms with Crippen molar-refractivity contribution in [1.82, 2.24) is 35.8 Å². The second-order valence-corrected chi connectivity index (χ2v) is 24.8. The minimum atomic E-state index is -1.80. The van der Waals surface area contributed by atoms with E-state index in [0.29, 0.717) is 43.6 Å². The lowest BCUT2D eigenvalue weighted by Gasteiger charge is -2.49. The molecular formula is C62H88F3N7O20. The molecule has 0 spiro atoms. The van der Waals surface area contributed by atoms with Gasteiger partial charge in [0.1, 0.15) is 84.9 Å². The number of carbonyl (C=O) groups excluding carboxylic acids is 4. The highest BCUT2D eigenvalue weighted by Gasteiger charge is 2.54. The lowest BCUT2D eigenvalue weighted by atomic mass is 9.75. The molecule has 4 aliphatic heterocycles. The standard InChI is InChI=1S/C62H88F3N7O20/c1-4-35-23-37(26-41(54(35)92-62-53(81)52(80)48(76)31(2)87-62)90-61-46(68-32(3)75)55(50(78)44(29-74)91-61)88-42(60(84)71-18-11-19-71)22-33-12-7-5-8-13-33)58(82)66-16-20-85-21-17-67-59(83)57(86-30-34-14-9-6-10-15-34)56-51(79)47(49(77)43(28-73)89-56)72-27-40(69-70-72)36-24-38(63)45(65)39(64)25-36/h6,9-10,14-15,24-25,27,31,33,35,37,41-44,46-57,61-62,73-74,76-81H,4-5,7-8,11-13,16-23,26,28-30H2,1-3H3,(H,66,82)(H,67,83)(H,68,75)/t31-,35?,37?,41+,42-,43?,44?,46?,47?,48?,49-,50-,51?,52?,53-,54?,55?,56-,57-,61+,62?/m0/s1. The van der Waals surface area contributed by atoms with E-state index in [0.717, 1.165) is 49.4 Å². The number of benzene rings is 2. The highest BCUT2D eigenvalue weighted by Crippen LogP contribution is 2.41. The summed E-state index contributed by atoms with van der Waals surface area (Å²) in [7, 11) is 0. The van der Waals surface area contributed by atoms with E-state index in [2.05, 4.69) is 26.3 Å². The minimum absolute atomic E-state index is 0.0262. The van der Waals surface area contributed by atoms with Crippen molar-refractivity contribution < 1.29 is 111 Å². The lowest BCUT2D eigenvalue weighted by molar-refractivity contribution is -0.338. The van der Waals surface area contributed by atoms with Crippen molar-refractivity contribution in [2.75, 3.05) is 52.6 Å². The predicted molar refractivity (Wildman–Crippen MR) is 313 cm³/mol. The van der Waals surface area contributed by atoms with Crippen molar-refractivity contribution in [3.63, 3.8) is 0 Å². The molecule has 1 aromatic heterocycles. The van der Waals surface area contributed by atoms with Crippen LogP contribution in [0.5, 0.6) is 0 Å². The van der Waals surface area contributed by atoms with Gasteiger partial charge >= 0.3 is 0 Å². The van der Waals surface area contributed by atoms with Gasteiger partial charge in [-0.1, -0.05) is 81.0 Å². The van der Waals surface area contributed by atoms with Crippen LogP contribution in [-0.2, 0) is 63.7 Å². The molecule has 11 N–H and O–H groups in total. The molecule has 6 aliphatic rings. The van der Waals surface area contributed by atoms with Crippen molar-refractivity contribution in [1.29, 1.82) is 0 Å². The van der Waals surface area contributed by atoms with Crippen LogP contribution in [0.1, 0.15) is 96.6 Å². The molecule has 9 rings (SSSR count). The third-order valence-corrected chi connectivity index (χ3v) is 18.4. The Kier molecular flexibility index (Phi) is 25.3. The second kappa shape index (κ2) is 32.8. The zero-order chi connectivity index (χ0) is 65.9. The molecule has 4 saturated heterocycles. The average Bonchev–Trinajstić information content (AvgIpc) is 0.963. The number of nitrogens with one attached hydrogen (secondary N) is 3. The summed E-state index contributed by atoms with van der Waals surface area (Å²) in [6.07, 6.45) is -16.7. The summed E-state index contributed by atoms with van der Waals surface area (Å²) < 4.78 is 93.2. The number of amides is 4. The first-order valence-electron chi connectivity index (χ1n) is 31.8. The van der Waals surface area contributed by atoms with Gasteiger partial charge in [0.25, 0.3) is 11.8 Å². The van der Waals surface area contributed by atoms with Crippen LogP contribution < -0.4 is 16.0 Å². The number of aliphatic hydroxyl groups is 8. The first kappa shape index (κ1) is 70.9. The van der Waals surface area contributed by atoms with Gasteiger partial charge in [0.05, 0.1) is 57.5 Å². The zero-order valence-electron chi connectivity index (χ0n) is 51.7. The maximum atomic E-state index is 14.3. The van der Waals surface area contributed by atoms with E-state index < -0.39 is 176 Å². The lowest BCUT2D eigenvalue weighted by Crippen LogP contribution is -2.67. The number of ether oxygens (including phenoxy) is 8. The summed E-state index contributed by atoms with van der Waals surface area (Å²) in [5, 5.41) is 105. The first-order valence-corrected chi connectivity index (χ1v) is 31.8. The molecule has 92 heavy (non-hydrogen) atoms. The molecule has 27 nitrogen and oxygen atoms in total. The fraction of sp³-hybridized carbons (Fsp3) is 0.710. The topological polar surface area (TPSA) is 374 Å². The van der Waals surface area contributed by atoms with Gasteiger partial charge in [-0.15, -0.1) is 5.10 Å². The van der Waals surface area contributed by atoms with Crippen molar-refractivity contribution in [2.24, 2.45) is 17.8 Å². The third kappa shape index (κ3) is 17.0. The molecule has 4 amide bonds. The Hall–Kier alpha value is -5.39. The Morgan fingerprint density at radius 2 is 1.46 bits per heavy atom. The van der Waals surface area contributed by atoms with E-state index in [1.807, 2.05) is 6.92 Å². The van der Waals surface area contributed by atoms with E-state index in [9.17, 15) is 73.2 Å². The second-order valence-electron chi connectivity index (χ2n) is 24.8. The van der Waals surface area contributed by atoms with Gasteiger partial charge in [0.15, 0.2) is 36.1 Å². The van der Waals surface area contributed by atoms with Gasteiger partial charge in [-0.2, -0.15) is 0 Å². The number of halogens is 3. The summed E-state index contributed by atoms with van der Waals surface area (Å²) >= 11 is 0. The smallest absolute Gasteiger partial charge is 0.252 e. The van der Waals surface area contributed by atoms with Gasteiger partial charge in [0, 0.05) is 44.6 Å². The van der Waals surface area contributed by atoms with E-state index in [4.69, 9.17) is 37.9 Å². The van der Waals surface area contributed by atoms with Crippen molar-refractivity contribution in [3.05, 3.63) is 71.7 Å². The van der Waals surface area contributed by atoms with E-state index in [1.165, 1.54) is 13.8 Å². The van der Waals surface area contributed by atoms with E-state index in [1.54, 1.807) is 35.2 Å². The zero-order valence-corrected chi connectivity index (χ0v) is 51.7. The molecule has 30 heteroatoms. The number of nitrogens with zero attached hydrogens (tertiary/aromatic N) is 4. The molecule has 5 heterocycles. The molecule has 21 atom stereocenters. The molecular weight excluding hydrogens is 1220 g/mol. The predicted octanol–water partition coefficient (Wildman–Crippen LogP) is -0.207. The van der Waals surface area contributed by atoms with Gasteiger partial charge < -0.3 is 99.6 Å². The largest absolute Gasteiger partial charge is 0.394 e. The monoisotopic (exact) mass is 1310 g/mol. The highest BCUT2D eigenvalue weighted by molar-refractivity contribution is 5.82. The molecule has 6 fully saturated rings. The quantitative estimate of drug-likeness (QED) is 0.0348. The maximum Gasteiger partial charge on any atom is 0.252 e. The van der Waals surface area contributed by atoms with Gasteiger partial charge in [-0.3, -0.25) is 19.2 Å². The molecule has 3 aromatic rings. The number of hydrogen-bond acceptors (Lipinski definition) is 22. The molecule has 0 bridgehead atoms. The van der Waals surface area contributed by atoms with Crippen molar-refractivity contribution in [3.8, 4) is 11.3 Å². The first-order chi connectivity index (χ1) is 44.2. The van der Waals surface area contributed by atoms with Crippen LogP contribution in [0.3, 0.4) is 0 Å². The van der Waals surface area contributed by atoms with Crippen LogP contribution >= 0.6 is 0 Å². The SMILES string of the molecule is CCC1CC(C(=O)NCCOCCNC(=O)[C@@H](OCc2ccccc2)[C@H]2OC(CO)[C@H](O)C(n3cc(-c4cc(F)c(F)c(F)c4)nn3)C2O)C[C@@H](O[C@@H]2OC(CO)[C@H](O)C(O[C@@H](CC3CCCCC3)C(=O)N3CCC3)C2NC(C)=O)C1OC1O[C@@H](C)C(O)C(O)[C@@H]1O. The summed E-state index contributed by atoms with van der Waals surface area (Å²) in [6.45, 7) is 3.65. The molecule has 2 aliphatic carbocycles. The molecule has 12 unspecified atom stereocenters. The minimum Gasteiger partial charge on any atom is -0.394 e. The number of hydrogen-bond donors (Lipinski definition) is 11. The summed E-state index contributed by atoms with van der Waals surface area (Å²) in [4.78, 5) is 57.3. The van der Waals surface area contributed by atoms with Crippen LogP contribution in [0.15, 0.2) is 48.7 Å². The van der Waals surface area contributed by atoms with Crippen molar-refractivity contribution >= 4 is 23.6 Å². The summed E-state index contributed by atoms with van der Waals surface area (Å²) in [5.74, 6) is -7.88. The number of rotatable bonds is 27. The fourth-order valence-corrected chi connectivity index (χ4v) is 13.2. The van der Waals surface area contributed by atoms with E-state index in [-0.39, 0.29) is 68.8 Å². The summed E-state index contributed by atoms with van der Waals surface area (Å²) in [5.41, 5.74) is 0.252. The normalized spacial score (nSPS) is 33.5. The van der Waals surface area contributed by atoms with Crippen LogP contribution in [-0.4, -0.2) is 247 Å².